The van der Waals surface area contributed by atoms with E-state index in [0.29, 0.717) is 25.2 Å². The molecule has 2 heterocycles. The second-order valence-electron chi connectivity index (χ2n) is 4.22. The van der Waals surface area contributed by atoms with Crippen LogP contribution in [0, 0.1) is 0 Å². The molecule has 1 aliphatic rings. The zero-order valence-corrected chi connectivity index (χ0v) is 11.1. The van der Waals surface area contributed by atoms with Gasteiger partial charge in [-0.25, -0.2) is 4.79 Å². The first kappa shape index (κ1) is 12.3. The Kier molecular flexibility index (Phi) is 3.35. The van der Waals surface area contributed by atoms with E-state index in [1.165, 1.54) is 0 Å². The number of β-amino-alcohol motifs (C(OH)–C–C–N with tert-alkyl or cyclic N) is 1. The van der Waals surface area contributed by atoms with Gasteiger partial charge in [-0.2, -0.15) is 0 Å². The molecule has 0 aliphatic carbocycles. The van der Waals surface area contributed by atoms with Gasteiger partial charge in [0, 0.05) is 12.4 Å². The van der Waals surface area contributed by atoms with Crippen molar-refractivity contribution in [3.05, 3.63) is 22.9 Å². The molecular formula is C11H14BrN3O2. The molecule has 1 aliphatic heterocycles. The van der Waals surface area contributed by atoms with Crippen LogP contribution >= 0.6 is 15.9 Å². The van der Waals surface area contributed by atoms with Crippen LogP contribution in [-0.2, 0) is 0 Å². The van der Waals surface area contributed by atoms with E-state index in [1.807, 2.05) is 6.92 Å². The highest BCUT2D eigenvalue weighted by Gasteiger charge is 2.42. The molecule has 6 heteroatoms. The number of hydrogen-bond donors (Lipinski definition) is 2. The molecule has 0 aromatic carbocycles. The molecule has 0 radical (unpaired) electrons. The van der Waals surface area contributed by atoms with Gasteiger partial charge in [0.15, 0.2) is 0 Å². The molecule has 0 spiro atoms. The van der Waals surface area contributed by atoms with Crippen molar-refractivity contribution in [2.75, 3.05) is 18.4 Å². The summed E-state index contributed by atoms with van der Waals surface area (Å²) in [6, 6.07) is 1.52. The summed E-state index contributed by atoms with van der Waals surface area (Å²) in [6.07, 6.45) is 3.89. The number of urea groups is 1. The van der Waals surface area contributed by atoms with Crippen molar-refractivity contribution in [1.82, 2.24) is 9.88 Å². The van der Waals surface area contributed by atoms with Crippen LogP contribution < -0.4 is 5.32 Å². The number of aromatic nitrogens is 1. The Hall–Kier alpha value is -1.14. The number of carbonyl (C=O) groups excluding carboxylic acids is 1. The number of carbonyl (C=O) groups is 1. The smallest absolute Gasteiger partial charge is 0.322 e. The van der Waals surface area contributed by atoms with Gasteiger partial charge in [-0.3, -0.25) is 4.98 Å². The summed E-state index contributed by atoms with van der Waals surface area (Å²) >= 11 is 3.30. The lowest BCUT2D eigenvalue weighted by atomic mass is 9.92. The van der Waals surface area contributed by atoms with Gasteiger partial charge in [-0.15, -0.1) is 0 Å². The summed E-state index contributed by atoms with van der Waals surface area (Å²) in [6.45, 7) is 2.69. The first-order valence-electron chi connectivity index (χ1n) is 5.42. The normalized spacial score (nSPS) is 17.5. The third kappa shape index (κ3) is 2.58. The number of likely N-dealkylation sites (tertiary alicyclic amines) is 1. The van der Waals surface area contributed by atoms with E-state index in [-0.39, 0.29) is 6.03 Å². The number of pyridine rings is 1. The maximum Gasteiger partial charge on any atom is 0.322 e. The van der Waals surface area contributed by atoms with Gasteiger partial charge >= 0.3 is 6.03 Å². The van der Waals surface area contributed by atoms with Crippen LogP contribution in [0.4, 0.5) is 10.5 Å². The molecule has 2 amide bonds. The minimum atomic E-state index is -0.702. The van der Waals surface area contributed by atoms with Crippen LogP contribution in [-0.4, -0.2) is 39.7 Å². The predicted octanol–water partition coefficient (Wildman–Crippen LogP) is 1.83. The highest BCUT2D eigenvalue weighted by molar-refractivity contribution is 9.10. The third-order valence-corrected chi connectivity index (χ3v) is 3.56. The Morgan fingerprint density at radius 3 is 3.00 bits per heavy atom. The summed E-state index contributed by atoms with van der Waals surface area (Å²) in [5, 5.41) is 12.6. The molecule has 1 saturated heterocycles. The SMILES string of the molecule is CCC1(O)CN(C(=O)Nc2ccncc2Br)C1. The van der Waals surface area contributed by atoms with Crippen LogP contribution in [0.15, 0.2) is 22.9 Å². The Balaban J connectivity index is 1.94. The summed E-state index contributed by atoms with van der Waals surface area (Å²) in [7, 11) is 0. The number of amides is 2. The van der Waals surface area contributed by atoms with Crippen molar-refractivity contribution in [2.45, 2.75) is 18.9 Å². The minimum absolute atomic E-state index is 0.199. The minimum Gasteiger partial charge on any atom is -0.386 e. The van der Waals surface area contributed by atoms with Crippen molar-refractivity contribution < 1.29 is 9.90 Å². The zero-order chi connectivity index (χ0) is 12.5. The monoisotopic (exact) mass is 299 g/mol. The topological polar surface area (TPSA) is 65.5 Å². The standard InChI is InChI=1S/C11H14BrN3O2/c1-2-11(17)6-15(7-11)10(16)14-9-3-4-13-5-8(9)12/h3-5,17H,2,6-7H2,1H3,(H,13,14,16). The van der Waals surface area contributed by atoms with Gasteiger partial charge in [-0.1, -0.05) is 6.92 Å². The van der Waals surface area contributed by atoms with Crippen molar-refractivity contribution in [1.29, 1.82) is 0 Å². The van der Waals surface area contributed by atoms with Crippen molar-refractivity contribution in [3.63, 3.8) is 0 Å². The molecule has 1 aromatic heterocycles. The van der Waals surface area contributed by atoms with E-state index in [1.54, 1.807) is 23.4 Å². The Labute approximate surface area is 108 Å². The first-order valence-corrected chi connectivity index (χ1v) is 6.21. The molecule has 1 aromatic rings. The van der Waals surface area contributed by atoms with E-state index < -0.39 is 5.60 Å². The van der Waals surface area contributed by atoms with Crippen LogP contribution in [0.1, 0.15) is 13.3 Å². The zero-order valence-electron chi connectivity index (χ0n) is 9.48. The summed E-state index contributed by atoms with van der Waals surface area (Å²) < 4.78 is 0.736. The molecule has 0 bridgehead atoms. The number of hydrogen-bond acceptors (Lipinski definition) is 3. The molecule has 1 fully saturated rings. The van der Waals surface area contributed by atoms with E-state index in [0.717, 1.165) is 4.47 Å². The van der Waals surface area contributed by atoms with Gasteiger partial charge < -0.3 is 15.3 Å². The van der Waals surface area contributed by atoms with Crippen LogP contribution in [0.25, 0.3) is 0 Å². The fourth-order valence-electron chi connectivity index (χ4n) is 1.70. The fourth-order valence-corrected chi connectivity index (χ4v) is 2.05. The lowest BCUT2D eigenvalue weighted by Crippen LogP contribution is -2.63. The predicted molar refractivity (Wildman–Crippen MR) is 67.8 cm³/mol. The van der Waals surface area contributed by atoms with E-state index >= 15 is 0 Å². The summed E-state index contributed by atoms with van der Waals surface area (Å²) in [4.78, 5) is 17.3. The van der Waals surface area contributed by atoms with Crippen molar-refractivity contribution >= 4 is 27.6 Å². The molecule has 0 atom stereocenters. The number of rotatable bonds is 2. The molecule has 0 unspecified atom stereocenters. The highest BCUT2D eigenvalue weighted by Crippen LogP contribution is 2.26. The lowest BCUT2D eigenvalue weighted by molar-refractivity contribution is -0.0755. The van der Waals surface area contributed by atoms with E-state index in [4.69, 9.17) is 0 Å². The fraction of sp³-hybridized carbons (Fsp3) is 0.455. The lowest BCUT2D eigenvalue weighted by Gasteiger charge is -2.45. The quantitative estimate of drug-likeness (QED) is 0.876. The van der Waals surface area contributed by atoms with E-state index in [2.05, 4.69) is 26.2 Å². The van der Waals surface area contributed by atoms with Crippen LogP contribution in [0.3, 0.4) is 0 Å². The van der Waals surface area contributed by atoms with Crippen molar-refractivity contribution in [3.8, 4) is 0 Å². The number of aliphatic hydroxyl groups is 1. The first-order chi connectivity index (χ1) is 8.04. The number of halogens is 1. The maximum atomic E-state index is 11.8. The Bertz CT molecular complexity index is 432. The molecule has 17 heavy (non-hydrogen) atoms. The number of nitrogens with zero attached hydrogens (tertiary/aromatic N) is 2. The molecule has 2 N–H and O–H groups in total. The maximum absolute atomic E-state index is 11.8. The van der Waals surface area contributed by atoms with Crippen LogP contribution in [0.5, 0.6) is 0 Å². The van der Waals surface area contributed by atoms with Crippen molar-refractivity contribution in [2.24, 2.45) is 0 Å². The van der Waals surface area contributed by atoms with Gasteiger partial charge in [-0.05, 0) is 28.4 Å². The highest BCUT2D eigenvalue weighted by atomic mass is 79.9. The van der Waals surface area contributed by atoms with E-state index in [9.17, 15) is 9.90 Å². The van der Waals surface area contributed by atoms with Gasteiger partial charge in [0.25, 0.3) is 0 Å². The second kappa shape index (κ2) is 4.62. The number of anilines is 1. The van der Waals surface area contributed by atoms with Gasteiger partial charge in [0.2, 0.25) is 0 Å². The Morgan fingerprint density at radius 2 is 2.41 bits per heavy atom. The molecule has 5 nitrogen and oxygen atoms in total. The number of nitrogens with one attached hydrogen (secondary N) is 1. The second-order valence-corrected chi connectivity index (χ2v) is 5.07. The molecule has 92 valence electrons. The molecule has 2 rings (SSSR count). The molecule has 0 saturated carbocycles. The average Bonchev–Trinajstić information content (AvgIpc) is 2.28. The summed E-state index contributed by atoms with van der Waals surface area (Å²) in [5.74, 6) is 0. The Morgan fingerprint density at radius 1 is 1.71 bits per heavy atom. The molecular weight excluding hydrogens is 286 g/mol. The third-order valence-electron chi connectivity index (χ3n) is 2.93. The average molecular weight is 300 g/mol. The van der Waals surface area contributed by atoms with Gasteiger partial charge in [0.1, 0.15) is 0 Å². The largest absolute Gasteiger partial charge is 0.386 e. The van der Waals surface area contributed by atoms with Gasteiger partial charge in [0.05, 0.1) is 28.9 Å². The summed E-state index contributed by atoms with van der Waals surface area (Å²) in [5.41, 5.74) is -0.0239. The van der Waals surface area contributed by atoms with Crippen LogP contribution in [0.2, 0.25) is 0 Å².